The maximum atomic E-state index is 12.0. The summed E-state index contributed by atoms with van der Waals surface area (Å²) in [6, 6.07) is 1.91. The highest BCUT2D eigenvalue weighted by Gasteiger charge is 2.33. The van der Waals surface area contributed by atoms with E-state index in [1.54, 1.807) is 11.8 Å². The molecule has 108 valence electrons. The molecule has 2 aromatic rings. The number of nitrogens with zero attached hydrogens (tertiary/aromatic N) is 3. The van der Waals surface area contributed by atoms with E-state index < -0.39 is 15.2 Å². The maximum absolute atomic E-state index is 12.0. The molecule has 0 spiro atoms. The number of anilines is 1. The number of hydrogen-bond acceptors (Lipinski definition) is 7. The topological polar surface area (TPSA) is 63.2 Å². The minimum atomic E-state index is -3.18. The third-order valence-electron chi connectivity index (χ3n) is 3.13. The van der Waals surface area contributed by atoms with Gasteiger partial charge in [-0.05, 0) is 23.0 Å². The van der Waals surface area contributed by atoms with Gasteiger partial charge in [0, 0.05) is 24.3 Å². The lowest BCUT2D eigenvalue weighted by Gasteiger charge is -2.35. The van der Waals surface area contributed by atoms with Gasteiger partial charge in [-0.15, -0.1) is 11.3 Å². The van der Waals surface area contributed by atoms with Gasteiger partial charge in [0.1, 0.15) is 16.0 Å². The number of thiophene rings is 1. The van der Waals surface area contributed by atoms with E-state index in [0.29, 0.717) is 18.1 Å². The molecule has 9 heteroatoms. The Hall–Kier alpha value is -0.570. The Labute approximate surface area is 130 Å². The summed E-state index contributed by atoms with van der Waals surface area (Å²) in [7, 11) is -3.18. The number of fused-ring (bicyclic) bond motifs is 1. The lowest BCUT2D eigenvalue weighted by atomic mass is 10.3. The average molecular weight is 350 g/mol. The third-order valence-corrected chi connectivity index (χ3v) is 6.75. The number of aromatic nitrogens is 2. The molecule has 0 radical (unpaired) electrons. The van der Waals surface area contributed by atoms with E-state index in [4.69, 9.17) is 11.6 Å². The highest BCUT2D eigenvalue weighted by Crippen LogP contribution is 2.33. The first-order valence-corrected chi connectivity index (χ1v) is 10.3. The van der Waals surface area contributed by atoms with E-state index in [1.165, 1.54) is 17.6 Å². The number of hydrogen-bond donors (Lipinski definition) is 0. The van der Waals surface area contributed by atoms with Crippen molar-refractivity contribution < 1.29 is 8.42 Å². The molecule has 1 atom stereocenters. The highest BCUT2D eigenvalue weighted by atomic mass is 35.5. The zero-order chi connectivity index (χ0) is 14.3. The van der Waals surface area contributed by atoms with Crippen LogP contribution in [0.4, 0.5) is 5.82 Å². The number of halogens is 1. The van der Waals surface area contributed by atoms with Gasteiger partial charge in [0.15, 0.2) is 9.84 Å². The molecule has 2 aromatic heterocycles. The van der Waals surface area contributed by atoms with Crippen LogP contribution in [0, 0.1) is 0 Å². The van der Waals surface area contributed by atoms with E-state index in [2.05, 4.69) is 9.97 Å². The first kappa shape index (κ1) is 14.4. The summed E-state index contributed by atoms with van der Waals surface area (Å²) in [5.74, 6) is 2.04. The summed E-state index contributed by atoms with van der Waals surface area (Å²) in [6.45, 7) is 0.640. The maximum Gasteiger partial charge on any atom is 0.225 e. The van der Waals surface area contributed by atoms with Gasteiger partial charge in [-0.3, -0.25) is 0 Å². The van der Waals surface area contributed by atoms with Crippen LogP contribution in [0.5, 0.6) is 0 Å². The van der Waals surface area contributed by atoms with Crippen molar-refractivity contribution in [1.82, 2.24) is 9.97 Å². The lowest BCUT2D eigenvalue weighted by molar-refractivity contribution is 0.584. The zero-order valence-electron chi connectivity index (χ0n) is 10.6. The molecular weight excluding hydrogens is 338 g/mol. The van der Waals surface area contributed by atoms with Crippen molar-refractivity contribution in [3.05, 3.63) is 16.7 Å². The van der Waals surface area contributed by atoms with Gasteiger partial charge in [0.2, 0.25) is 5.28 Å². The standard InChI is InChI=1S/C11H12ClN3O2S3/c1-20(16,17)8-6-18-5-3-15(8)9-7-2-4-19-10(7)14-11(12)13-9/h2,4,8H,3,5-6H2,1H3. The number of rotatable bonds is 2. The smallest absolute Gasteiger partial charge is 0.225 e. The normalized spacial score (nSPS) is 20.5. The predicted molar refractivity (Wildman–Crippen MR) is 85.7 cm³/mol. The van der Waals surface area contributed by atoms with Crippen molar-refractivity contribution in [3.8, 4) is 0 Å². The van der Waals surface area contributed by atoms with Crippen molar-refractivity contribution in [1.29, 1.82) is 0 Å². The molecule has 3 heterocycles. The number of thioether (sulfide) groups is 1. The van der Waals surface area contributed by atoms with Gasteiger partial charge >= 0.3 is 0 Å². The Morgan fingerprint density at radius 1 is 1.45 bits per heavy atom. The van der Waals surface area contributed by atoms with Gasteiger partial charge in [-0.25, -0.2) is 13.4 Å². The number of sulfone groups is 1. The molecular formula is C11H12ClN3O2S3. The van der Waals surface area contributed by atoms with Crippen LogP contribution in [0.1, 0.15) is 0 Å². The second-order valence-corrected chi connectivity index (χ2v) is 9.09. The summed E-state index contributed by atoms with van der Waals surface area (Å²) in [5.41, 5.74) is 0. The van der Waals surface area contributed by atoms with Gasteiger partial charge in [0.05, 0.1) is 5.39 Å². The molecule has 5 nitrogen and oxygen atoms in total. The van der Waals surface area contributed by atoms with Crippen molar-refractivity contribution in [2.45, 2.75) is 5.37 Å². The van der Waals surface area contributed by atoms with Crippen LogP contribution in [-0.2, 0) is 9.84 Å². The van der Waals surface area contributed by atoms with Gasteiger partial charge in [0.25, 0.3) is 0 Å². The molecule has 0 saturated carbocycles. The van der Waals surface area contributed by atoms with Crippen LogP contribution >= 0.6 is 34.7 Å². The molecule has 0 amide bonds. The van der Waals surface area contributed by atoms with Crippen LogP contribution in [0.15, 0.2) is 11.4 Å². The second kappa shape index (κ2) is 5.32. The van der Waals surface area contributed by atoms with Crippen LogP contribution in [-0.4, -0.2) is 48.1 Å². The first-order valence-electron chi connectivity index (χ1n) is 5.91. The second-order valence-electron chi connectivity index (χ2n) is 4.51. The Kier molecular flexibility index (Phi) is 3.83. The van der Waals surface area contributed by atoms with Gasteiger partial charge < -0.3 is 4.90 Å². The summed E-state index contributed by atoms with van der Waals surface area (Å²) in [6.07, 6.45) is 1.27. The molecule has 0 N–H and O–H groups in total. The predicted octanol–water partition coefficient (Wildman–Crippen LogP) is 2.27. The minimum absolute atomic E-state index is 0.153. The van der Waals surface area contributed by atoms with Crippen LogP contribution < -0.4 is 4.90 Å². The highest BCUT2D eigenvalue weighted by molar-refractivity contribution is 8.01. The van der Waals surface area contributed by atoms with Gasteiger partial charge in [-0.1, -0.05) is 0 Å². The van der Waals surface area contributed by atoms with E-state index >= 15 is 0 Å². The fraction of sp³-hybridized carbons (Fsp3) is 0.455. The van der Waals surface area contributed by atoms with E-state index in [-0.39, 0.29) is 5.28 Å². The summed E-state index contributed by atoms with van der Waals surface area (Å²) in [5, 5.41) is 2.36. The molecule has 1 aliphatic heterocycles. The molecule has 1 unspecified atom stereocenters. The molecule has 0 bridgehead atoms. The first-order chi connectivity index (χ1) is 9.47. The van der Waals surface area contributed by atoms with Crippen LogP contribution in [0.25, 0.3) is 10.2 Å². The average Bonchev–Trinajstić information content (AvgIpc) is 2.84. The van der Waals surface area contributed by atoms with Crippen LogP contribution in [0.2, 0.25) is 5.28 Å². The van der Waals surface area contributed by atoms with Gasteiger partial charge in [-0.2, -0.15) is 16.7 Å². The molecule has 1 fully saturated rings. The summed E-state index contributed by atoms with van der Waals surface area (Å²) < 4.78 is 24.0. The van der Waals surface area contributed by atoms with Crippen molar-refractivity contribution in [2.75, 3.05) is 29.2 Å². The molecule has 0 aliphatic carbocycles. The molecule has 1 saturated heterocycles. The quantitative estimate of drug-likeness (QED) is 0.775. The van der Waals surface area contributed by atoms with E-state index in [0.717, 1.165) is 16.0 Å². The van der Waals surface area contributed by atoms with E-state index in [9.17, 15) is 8.42 Å². The Balaban J connectivity index is 2.15. The van der Waals surface area contributed by atoms with E-state index in [1.807, 2.05) is 16.3 Å². The largest absolute Gasteiger partial charge is 0.338 e. The SMILES string of the molecule is CS(=O)(=O)C1CSCCN1c1nc(Cl)nc2sccc12. The Bertz CT molecular complexity index is 746. The molecule has 0 aromatic carbocycles. The summed E-state index contributed by atoms with van der Waals surface area (Å²) >= 11 is 9.08. The fourth-order valence-electron chi connectivity index (χ4n) is 2.21. The van der Waals surface area contributed by atoms with Crippen molar-refractivity contribution in [2.24, 2.45) is 0 Å². The zero-order valence-corrected chi connectivity index (χ0v) is 13.8. The van der Waals surface area contributed by atoms with Crippen LogP contribution in [0.3, 0.4) is 0 Å². The van der Waals surface area contributed by atoms with Crippen molar-refractivity contribution in [3.63, 3.8) is 0 Å². The lowest BCUT2D eigenvalue weighted by Crippen LogP contribution is -2.47. The monoisotopic (exact) mass is 349 g/mol. The Morgan fingerprint density at radius 2 is 2.25 bits per heavy atom. The Morgan fingerprint density at radius 3 is 3.00 bits per heavy atom. The third kappa shape index (κ3) is 2.61. The molecule has 1 aliphatic rings. The summed E-state index contributed by atoms with van der Waals surface area (Å²) in [4.78, 5) is 11.1. The molecule has 3 rings (SSSR count). The fourth-order valence-corrected chi connectivity index (χ4v) is 6.00. The minimum Gasteiger partial charge on any atom is -0.338 e. The molecule has 20 heavy (non-hydrogen) atoms. The van der Waals surface area contributed by atoms with Crippen molar-refractivity contribution >= 4 is 60.6 Å².